The molecule has 51 heavy (non-hydrogen) atoms. The predicted octanol–water partition coefficient (Wildman–Crippen LogP) is 9.41. The van der Waals surface area contributed by atoms with Crippen molar-refractivity contribution in [2.75, 3.05) is 85.9 Å². The second kappa shape index (κ2) is 29.9. The average Bonchev–Trinajstić information content (AvgIpc) is 3.18. The molecule has 0 N–H and O–H groups in total. The van der Waals surface area contributed by atoms with E-state index in [0.29, 0.717) is 79.3 Å². The third kappa shape index (κ3) is 18.6. The first-order valence-electron chi connectivity index (χ1n) is 19.6. The Morgan fingerprint density at radius 3 is 0.922 bits per heavy atom. The molecule has 3 rings (SSSR count). The molecular formula is C44H66O7. The van der Waals surface area contributed by atoms with E-state index in [1.165, 1.54) is 64.2 Å². The van der Waals surface area contributed by atoms with Crippen LogP contribution in [-0.2, 0) is 38.8 Å². The molecule has 0 fully saturated rings. The highest BCUT2D eigenvalue weighted by Crippen LogP contribution is 2.40. The van der Waals surface area contributed by atoms with E-state index < -0.39 is 5.60 Å². The van der Waals surface area contributed by atoms with Gasteiger partial charge in [-0.1, -0.05) is 162 Å². The summed E-state index contributed by atoms with van der Waals surface area (Å²) >= 11 is 0. The van der Waals surface area contributed by atoms with Crippen LogP contribution in [0.2, 0.25) is 0 Å². The molecule has 0 unspecified atom stereocenters. The van der Waals surface area contributed by atoms with Gasteiger partial charge in [-0.05, 0) is 23.1 Å². The minimum atomic E-state index is -0.738. The van der Waals surface area contributed by atoms with E-state index in [1.807, 2.05) is 18.2 Å². The van der Waals surface area contributed by atoms with Gasteiger partial charge in [-0.25, -0.2) is 0 Å². The van der Waals surface area contributed by atoms with Gasteiger partial charge in [0.25, 0.3) is 0 Å². The molecule has 0 saturated carbocycles. The van der Waals surface area contributed by atoms with E-state index in [-0.39, 0.29) is 0 Å². The Morgan fingerprint density at radius 2 is 0.588 bits per heavy atom. The van der Waals surface area contributed by atoms with Gasteiger partial charge in [-0.15, -0.1) is 0 Å². The fourth-order valence-electron chi connectivity index (χ4n) is 6.09. The van der Waals surface area contributed by atoms with Gasteiger partial charge in [0.05, 0.1) is 79.3 Å². The highest BCUT2D eigenvalue weighted by atomic mass is 16.6. The molecule has 0 atom stereocenters. The normalized spacial score (nSPS) is 11.7. The average molecular weight is 707 g/mol. The van der Waals surface area contributed by atoms with Gasteiger partial charge in [0.2, 0.25) is 0 Å². The zero-order chi connectivity index (χ0) is 35.8. The Hall–Kier alpha value is -2.62. The molecule has 0 aliphatic heterocycles. The number of rotatable bonds is 34. The van der Waals surface area contributed by atoms with Gasteiger partial charge >= 0.3 is 0 Å². The van der Waals surface area contributed by atoms with Crippen molar-refractivity contribution < 1.29 is 33.2 Å². The summed E-state index contributed by atoms with van der Waals surface area (Å²) in [6.45, 7) is 9.49. The Labute approximate surface area is 309 Å². The van der Waals surface area contributed by atoms with Crippen LogP contribution in [0.4, 0.5) is 0 Å². The molecule has 0 saturated heterocycles. The summed E-state index contributed by atoms with van der Waals surface area (Å²) in [5, 5.41) is 0. The Morgan fingerprint density at radius 1 is 0.314 bits per heavy atom. The van der Waals surface area contributed by atoms with Gasteiger partial charge < -0.3 is 33.2 Å². The van der Waals surface area contributed by atoms with Crippen molar-refractivity contribution in [3.05, 3.63) is 108 Å². The summed E-state index contributed by atoms with van der Waals surface area (Å²) in [5.74, 6) is 0. The number of unbranched alkanes of at least 4 members (excludes halogenated alkanes) is 10. The van der Waals surface area contributed by atoms with Crippen molar-refractivity contribution in [3.8, 4) is 0 Å². The molecular weight excluding hydrogens is 640 g/mol. The van der Waals surface area contributed by atoms with Crippen LogP contribution >= 0.6 is 0 Å². The molecule has 0 aliphatic rings. The summed E-state index contributed by atoms with van der Waals surface area (Å²) in [6.07, 6.45) is 14.9. The van der Waals surface area contributed by atoms with Crippen molar-refractivity contribution in [3.63, 3.8) is 0 Å². The first-order valence-corrected chi connectivity index (χ1v) is 19.6. The molecule has 3 aromatic carbocycles. The lowest BCUT2D eigenvalue weighted by Crippen LogP contribution is -2.34. The van der Waals surface area contributed by atoms with E-state index in [2.05, 4.69) is 79.7 Å². The van der Waals surface area contributed by atoms with E-state index >= 15 is 0 Å². The van der Waals surface area contributed by atoms with Crippen molar-refractivity contribution in [2.45, 2.75) is 83.2 Å². The zero-order valence-corrected chi connectivity index (χ0v) is 31.5. The van der Waals surface area contributed by atoms with E-state index in [9.17, 15) is 0 Å². The second-order valence-corrected chi connectivity index (χ2v) is 12.8. The molecule has 284 valence electrons. The van der Waals surface area contributed by atoms with Gasteiger partial charge in [-0.3, -0.25) is 0 Å². The van der Waals surface area contributed by atoms with Crippen LogP contribution in [0.5, 0.6) is 0 Å². The van der Waals surface area contributed by atoms with Crippen molar-refractivity contribution in [2.24, 2.45) is 0 Å². The minimum absolute atomic E-state index is 0.431. The Kier molecular flexibility index (Phi) is 25.1. The molecule has 0 bridgehead atoms. The molecule has 7 nitrogen and oxygen atoms in total. The fraction of sp³-hybridized carbons (Fsp3) is 0.591. The minimum Gasteiger partial charge on any atom is -0.379 e. The molecule has 0 heterocycles. The maximum atomic E-state index is 6.74. The Bertz CT molecular complexity index is 1070. The predicted molar refractivity (Wildman–Crippen MR) is 207 cm³/mol. The van der Waals surface area contributed by atoms with Gasteiger partial charge in [0, 0.05) is 6.61 Å². The summed E-state index contributed by atoms with van der Waals surface area (Å²) in [6, 6.07) is 31.1. The zero-order valence-electron chi connectivity index (χ0n) is 31.5. The molecule has 3 aromatic rings. The first kappa shape index (κ1) is 42.8. The van der Waals surface area contributed by atoms with Crippen LogP contribution in [0.15, 0.2) is 91.0 Å². The van der Waals surface area contributed by atoms with Crippen LogP contribution in [0.1, 0.15) is 94.2 Å². The lowest BCUT2D eigenvalue weighted by atomic mass is 9.80. The van der Waals surface area contributed by atoms with Gasteiger partial charge in [0.15, 0.2) is 0 Å². The van der Waals surface area contributed by atoms with Gasteiger partial charge in [0.1, 0.15) is 5.60 Å². The lowest BCUT2D eigenvalue weighted by Gasteiger charge is -2.36. The van der Waals surface area contributed by atoms with Crippen LogP contribution in [0, 0.1) is 0 Å². The number of hydrogen-bond acceptors (Lipinski definition) is 7. The van der Waals surface area contributed by atoms with Gasteiger partial charge in [-0.2, -0.15) is 0 Å². The summed E-state index contributed by atoms with van der Waals surface area (Å²) < 4.78 is 40.7. The SMILES string of the molecule is CCCCCCCCCCCCCOCCOCCOCCOCCOCCOCCOC(c1ccccc1)(c1ccccc1)c1ccccc1. The molecule has 7 heteroatoms. The standard InChI is InChI=1S/C44H66O7/c1-2-3-4-5-6-7-8-9-10-11-21-28-45-29-30-46-31-32-47-33-34-48-35-36-49-37-38-50-39-40-51-44(41-22-15-12-16-23-41,42-24-17-13-18-25-42)43-26-19-14-20-27-43/h12-20,22-27H,2-11,21,28-40H2,1H3. The highest BCUT2D eigenvalue weighted by Gasteiger charge is 2.37. The highest BCUT2D eigenvalue weighted by molar-refractivity contribution is 5.47. The molecule has 0 radical (unpaired) electrons. The first-order chi connectivity index (χ1) is 25.4. The van der Waals surface area contributed by atoms with Crippen molar-refractivity contribution in [1.82, 2.24) is 0 Å². The van der Waals surface area contributed by atoms with Crippen molar-refractivity contribution >= 4 is 0 Å². The fourth-order valence-corrected chi connectivity index (χ4v) is 6.09. The molecule has 0 aromatic heterocycles. The number of ether oxygens (including phenoxy) is 7. The maximum absolute atomic E-state index is 6.74. The second-order valence-electron chi connectivity index (χ2n) is 12.8. The third-order valence-corrected chi connectivity index (χ3v) is 8.84. The largest absolute Gasteiger partial charge is 0.379 e. The summed E-state index contributed by atoms with van der Waals surface area (Å²) in [4.78, 5) is 0. The van der Waals surface area contributed by atoms with Crippen molar-refractivity contribution in [1.29, 1.82) is 0 Å². The lowest BCUT2D eigenvalue weighted by molar-refractivity contribution is -0.0395. The quantitative estimate of drug-likeness (QED) is 0.0453. The van der Waals surface area contributed by atoms with Crippen LogP contribution in [0.25, 0.3) is 0 Å². The summed E-state index contributed by atoms with van der Waals surface area (Å²) in [7, 11) is 0. The van der Waals surface area contributed by atoms with Crippen LogP contribution < -0.4 is 0 Å². The molecule has 0 spiro atoms. The number of hydrogen-bond donors (Lipinski definition) is 0. The number of benzene rings is 3. The van der Waals surface area contributed by atoms with Crippen LogP contribution in [-0.4, -0.2) is 85.9 Å². The topological polar surface area (TPSA) is 64.6 Å². The van der Waals surface area contributed by atoms with Crippen LogP contribution in [0.3, 0.4) is 0 Å². The van der Waals surface area contributed by atoms with E-state index in [1.54, 1.807) is 0 Å². The Balaban J connectivity index is 1.10. The smallest absolute Gasteiger partial charge is 0.143 e. The molecule has 0 amide bonds. The van der Waals surface area contributed by atoms with E-state index in [4.69, 9.17) is 33.2 Å². The van der Waals surface area contributed by atoms with E-state index in [0.717, 1.165) is 29.7 Å². The monoisotopic (exact) mass is 706 g/mol. The maximum Gasteiger partial charge on any atom is 0.143 e. The summed E-state index contributed by atoms with van der Waals surface area (Å²) in [5.41, 5.74) is 2.50. The third-order valence-electron chi connectivity index (χ3n) is 8.84. The molecule has 0 aliphatic carbocycles.